The standard InChI is InChI=1S/C25H30FN5O3/c1-4-34-19-11-9-18(10-12-19)29-13-16(2)14-30-21-22(27-24(29)30)28(3)25(33)31(23(21)32)15-17-7-5-6-8-20(17)26/h5-12,16,21-22,24,27H,4,13-15H2,1-3H3. The molecule has 3 fully saturated rings. The molecule has 4 atom stereocenters. The number of carbonyl (C=O) groups is 2. The summed E-state index contributed by atoms with van der Waals surface area (Å²) in [5.41, 5.74) is 1.34. The Kier molecular flexibility index (Phi) is 5.91. The SMILES string of the molecule is CCOc1ccc(N2CC(C)CN3C4C(=O)N(Cc5ccccc5F)C(=O)N(C)C4NC23)cc1. The van der Waals surface area contributed by atoms with Crippen molar-refractivity contribution in [2.45, 2.75) is 38.9 Å². The van der Waals surface area contributed by atoms with Gasteiger partial charge in [0.25, 0.3) is 5.91 Å². The van der Waals surface area contributed by atoms with Crippen LogP contribution in [0.3, 0.4) is 0 Å². The normalized spacial score (nSPS) is 27.1. The number of fused-ring (bicyclic) bond motifs is 3. The summed E-state index contributed by atoms with van der Waals surface area (Å²) < 4.78 is 19.9. The molecule has 5 rings (SSSR count). The second-order valence-electron chi connectivity index (χ2n) is 9.22. The Morgan fingerprint density at radius 1 is 1.09 bits per heavy atom. The van der Waals surface area contributed by atoms with Crippen LogP contribution in [0.25, 0.3) is 0 Å². The number of hydrogen-bond donors (Lipinski definition) is 1. The molecule has 1 N–H and O–H groups in total. The van der Waals surface area contributed by atoms with Gasteiger partial charge >= 0.3 is 6.03 Å². The number of carbonyl (C=O) groups excluding carboxylic acids is 2. The summed E-state index contributed by atoms with van der Waals surface area (Å²) in [6.07, 6.45) is -0.700. The summed E-state index contributed by atoms with van der Waals surface area (Å²) in [7, 11) is 1.69. The molecule has 0 bridgehead atoms. The fraction of sp³-hybridized carbons (Fsp3) is 0.440. The number of imide groups is 1. The first-order chi connectivity index (χ1) is 16.4. The third-order valence-electron chi connectivity index (χ3n) is 6.85. The molecule has 0 radical (unpaired) electrons. The summed E-state index contributed by atoms with van der Waals surface area (Å²) in [6, 6.07) is 13.2. The Morgan fingerprint density at radius 2 is 1.82 bits per heavy atom. The highest BCUT2D eigenvalue weighted by Gasteiger charge is 2.56. The number of halogens is 1. The van der Waals surface area contributed by atoms with Gasteiger partial charge < -0.3 is 14.5 Å². The van der Waals surface area contributed by atoms with Gasteiger partial charge in [0, 0.05) is 31.4 Å². The topological polar surface area (TPSA) is 68.4 Å². The number of nitrogens with one attached hydrogen (secondary N) is 1. The van der Waals surface area contributed by atoms with Gasteiger partial charge in [-0.25, -0.2) is 9.18 Å². The number of anilines is 1. The molecule has 9 heteroatoms. The van der Waals surface area contributed by atoms with Crippen LogP contribution in [0, 0.1) is 11.7 Å². The first kappa shape index (κ1) is 22.6. The minimum Gasteiger partial charge on any atom is -0.494 e. The molecule has 3 heterocycles. The third-order valence-corrected chi connectivity index (χ3v) is 6.85. The molecule has 3 amide bonds. The average molecular weight is 468 g/mol. The molecule has 0 aromatic heterocycles. The van der Waals surface area contributed by atoms with Crippen LogP contribution in [-0.4, -0.2) is 71.9 Å². The highest BCUT2D eigenvalue weighted by atomic mass is 19.1. The highest BCUT2D eigenvalue weighted by molar-refractivity contribution is 6.00. The van der Waals surface area contributed by atoms with Gasteiger partial charge in [-0.05, 0) is 43.2 Å². The van der Waals surface area contributed by atoms with Gasteiger partial charge in [0.15, 0.2) is 0 Å². The van der Waals surface area contributed by atoms with Crippen molar-refractivity contribution in [2.24, 2.45) is 5.92 Å². The zero-order valence-corrected chi connectivity index (χ0v) is 19.6. The van der Waals surface area contributed by atoms with Crippen LogP contribution in [-0.2, 0) is 11.3 Å². The van der Waals surface area contributed by atoms with Gasteiger partial charge in [-0.15, -0.1) is 0 Å². The Bertz CT molecular complexity index is 1080. The maximum Gasteiger partial charge on any atom is 0.328 e. The number of rotatable bonds is 5. The zero-order chi connectivity index (χ0) is 24.0. The van der Waals surface area contributed by atoms with Crippen LogP contribution in [0.15, 0.2) is 48.5 Å². The van der Waals surface area contributed by atoms with Crippen molar-refractivity contribution in [1.29, 1.82) is 0 Å². The van der Waals surface area contributed by atoms with Gasteiger partial charge in [-0.1, -0.05) is 25.1 Å². The molecule has 0 aliphatic carbocycles. The summed E-state index contributed by atoms with van der Waals surface area (Å²) in [5, 5.41) is 3.51. The number of likely N-dealkylation sites (N-methyl/N-ethyl adjacent to an activating group) is 1. The first-order valence-corrected chi connectivity index (χ1v) is 11.7. The molecular weight excluding hydrogens is 437 g/mol. The van der Waals surface area contributed by atoms with Crippen molar-refractivity contribution in [2.75, 3.05) is 31.6 Å². The van der Waals surface area contributed by atoms with Crippen molar-refractivity contribution >= 4 is 17.6 Å². The van der Waals surface area contributed by atoms with Crippen LogP contribution in [0.5, 0.6) is 5.75 Å². The molecule has 180 valence electrons. The molecule has 3 saturated heterocycles. The highest BCUT2D eigenvalue weighted by Crippen LogP contribution is 2.35. The second-order valence-corrected chi connectivity index (χ2v) is 9.22. The van der Waals surface area contributed by atoms with Crippen molar-refractivity contribution < 1.29 is 18.7 Å². The van der Waals surface area contributed by atoms with E-state index in [1.165, 1.54) is 11.0 Å². The minimum atomic E-state index is -0.549. The molecule has 0 saturated carbocycles. The van der Waals surface area contributed by atoms with Crippen LogP contribution in [0.1, 0.15) is 19.4 Å². The van der Waals surface area contributed by atoms with E-state index in [1.807, 2.05) is 31.2 Å². The Labute approximate surface area is 198 Å². The Balaban J connectivity index is 1.43. The van der Waals surface area contributed by atoms with Crippen LogP contribution in [0.2, 0.25) is 0 Å². The summed E-state index contributed by atoms with van der Waals surface area (Å²) in [4.78, 5) is 33.9. The lowest BCUT2D eigenvalue weighted by Crippen LogP contribution is -2.66. The summed E-state index contributed by atoms with van der Waals surface area (Å²) in [5.74, 6) is 0.389. The fourth-order valence-corrected chi connectivity index (χ4v) is 5.26. The molecule has 3 aliphatic rings. The van der Waals surface area contributed by atoms with Crippen molar-refractivity contribution in [3.8, 4) is 5.75 Å². The molecular formula is C25H30FN5O3. The molecule has 3 aliphatic heterocycles. The largest absolute Gasteiger partial charge is 0.494 e. The average Bonchev–Trinajstić information content (AvgIpc) is 3.21. The van der Waals surface area contributed by atoms with E-state index in [0.717, 1.165) is 18.0 Å². The predicted molar refractivity (Wildman–Crippen MR) is 125 cm³/mol. The lowest BCUT2D eigenvalue weighted by atomic mass is 10.0. The lowest BCUT2D eigenvalue weighted by Gasteiger charge is -2.46. The van der Waals surface area contributed by atoms with Crippen LogP contribution >= 0.6 is 0 Å². The minimum absolute atomic E-state index is 0.0887. The summed E-state index contributed by atoms with van der Waals surface area (Å²) in [6.45, 7) is 6.15. The monoisotopic (exact) mass is 467 g/mol. The predicted octanol–water partition coefficient (Wildman–Crippen LogP) is 2.66. The van der Waals surface area contributed by atoms with E-state index in [9.17, 15) is 14.0 Å². The van der Waals surface area contributed by atoms with Crippen molar-refractivity contribution in [1.82, 2.24) is 20.0 Å². The number of amides is 3. The van der Waals surface area contributed by atoms with Gasteiger partial charge in [-0.2, -0.15) is 0 Å². The molecule has 2 aromatic carbocycles. The number of nitrogens with zero attached hydrogens (tertiary/aromatic N) is 4. The number of ether oxygens (including phenoxy) is 1. The van der Waals surface area contributed by atoms with E-state index in [1.54, 1.807) is 30.1 Å². The number of urea groups is 1. The van der Waals surface area contributed by atoms with E-state index >= 15 is 0 Å². The molecule has 8 nitrogen and oxygen atoms in total. The van der Waals surface area contributed by atoms with E-state index in [-0.39, 0.29) is 18.7 Å². The van der Waals surface area contributed by atoms with Crippen molar-refractivity contribution in [3.05, 3.63) is 59.9 Å². The van der Waals surface area contributed by atoms with Gasteiger partial charge in [0.05, 0.1) is 13.2 Å². The first-order valence-electron chi connectivity index (χ1n) is 11.7. The van der Waals surface area contributed by atoms with Crippen LogP contribution < -0.4 is 15.0 Å². The lowest BCUT2D eigenvalue weighted by molar-refractivity contribution is -0.139. The third kappa shape index (κ3) is 3.78. The Hall–Kier alpha value is -3.17. The number of hydrogen-bond acceptors (Lipinski definition) is 6. The van der Waals surface area contributed by atoms with Gasteiger partial charge in [0.2, 0.25) is 0 Å². The molecule has 4 unspecified atom stereocenters. The van der Waals surface area contributed by atoms with E-state index in [2.05, 4.69) is 22.0 Å². The Morgan fingerprint density at radius 3 is 2.53 bits per heavy atom. The van der Waals surface area contributed by atoms with E-state index < -0.39 is 24.1 Å². The number of benzene rings is 2. The second kappa shape index (κ2) is 8.88. The quantitative estimate of drug-likeness (QED) is 0.729. The van der Waals surface area contributed by atoms with E-state index in [4.69, 9.17) is 4.74 Å². The van der Waals surface area contributed by atoms with Crippen LogP contribution in [0.4, 0.5) is 14.9 Å². The van der Waals surface area contributed by atoms with E-state index in [0.29, 0.717) is 24.6 Å². The van der Waals surface area contributed by atoms with Crippen molar-refractivity contribution in [3.63, 3.8) is 0 Å². The smallest absolute Gasteiger partial charge is 0.328 e. The molecule has 2 aromatic rings. The zero-order valence-electron chi connectivity index (χ0n) is 19.6. The fourth-order valence-electron chi connectivity index (χ4n) is 5.26. The van der Waals surface area contributed by atoms with Gasteiger partial charge in [0.1, 0.15) is 30.1 Å². The molecule has 34 heavy (non-hydrogen) atoms. The molecule has 0 spiro atoms. The summed E-state index contributed by atoms with van der Waals surface area (Å²) >= 11 is 0. The van der Waals surface area contributed by atoms with Gasteiger partial charge in [-0.3, -0.25) is 19.9 Å². The maximum absolute atomic E-state index is 14.3. The maximum atomic E-state index is 14.3.